The van der Waals surface area contributed by atoms with Crippen molar-refractivity contribution in [3.05, 3.63) is 42.6 Å². The summed E-state index contributed by atoms with van der Waals surface area (Å²) < 4.78 is 25.2. The molecule has 3 saturated heterocycles. The molecule has 0 spiro atoms. The summed E-state index contributed by atoms with van der Waals surface area (Å²) in [6, 6.07) is 11.3. The van der Waals surface area contributed by atoms with Crippen molar-refractivity contribution in [2.75, 3.05) is 26.2 Å². The summed E-state index contributed by atoms with van der Waals surface area (Å²) in [7, 11) is -4.54. The SMILES string of the molecule is CC(C)(C)[Si](C)(C)Oc1ccc(O[PH+]2O[C@@H](C(=O)N3CCCC3)[C@H](C(=O)N3CCCC3)O2)c(-c2ccccn2)c1. The molecular weight excluding hydrogens is 545 g/mol. The lowest BCUT2D eigenvalue weighted by Crippen LogP contribution is -2.49. The average molecular weight is 587 g/mol. The van der Waals surface area contributed by atoms with Crippen molar-refractivity contribution in [2.45, 2.75) is 76.8 Å². The summed E-state index contributed by atoms with van der Waals surface area (Å²) >= 11 is 0. The molecule has 11 heteroatoms. The van der Waals surface area contributed by atoms with E-state index in [1.165, 1.54) is 0 Å². The van der Waals surface area contributed by atoms with Gasteiger partial charge in [0.1, 0.15) is 5.75 Å². The average Bonchev–Trinajstić information content (AvgIpc) is 3.71. The maximum atomic E-state index is 13.4. The minimum Gasteiger partial charge on any atom is -0.543 e. The Morgan fingerprint density at radius 1 is 0.925 bits per heavy atom. The van der Waals surface area contributed by atoms with Crippen molar-refractivity contribution < 1.29 is 27.6 Å². The Bertz CT molecular complexity index is 1180. The Kier molecular flexibility index (Phi) is 8.52. The number of pyridine rings is 1. The Morgan fingerprint density at radius 2 is 1.50 bits per heavy atom. The minimum atomic E-state index is -2.46. The lowest BCUT2D eigenvalue weighted by atomic mass is 10.1. The predicted molar refractivity (Wildman–Crippen MR) is 158 cm³/mol. The number of carbonyl (C=O) groups excluding carboxylic acids is 2. The highest BCUT2D eigenvalue weighted by Crippen LogP contribution is 2.52. The van der Waals surface area contributed by atoms with Crippen LogP contribution in [-0.2, 0) is 18.6 Å². The fraction of sp³-hybridized carbons (Fsp3) is 0.552. The van der Waals surface area contributed by atoms with Gasteiger partial charge in [0.05, 0.1) is 11.3 Å². The molecular formula is C29H41N3O6PSi+. The van der Waals surface area contributed by atoms with Crippen molar-refractivity contribution in [3.63, 3.8) is 0 Å². The van der Waals surface area contributed by atoms with E-state index in [9.17, 15) is 9.59 Å². The van der Waals surface area contributed by atoms with Gasteiger partial charge in [-0.05, 0) is 74.1 Å². The van der Waals surface area contributed by atoms with Crippen LogP contribution in [0.25, 0.3) is 11.3 Å². The van der Waals surface area contributed by atoms with Crippen LogP contribution in [0.15, 0.2) is 42.6 Å². The second kappa shape index (κ2) is 11.8. The van der Waals surface area contributed by atoms with Crippen LogP contribution < -0.4 is 8.95 Å². The van der Waals surface area contributed by atoms with Gasteiger partial charge in [0.25, 0.3) is 11.8 Å². The van der Waals surface area contributed by atoms with E-state index in [1.807, 2.05) is 36.4 Å². The van der Waals surface area contributed by atoms with E-state index in [2.05, 4.69) is 38.8 Å². The zero-order valence-corrected chi connectivity index (χ0v) is 26.1. The molecule has 0 unspecified atom stereocenters. The third-order valence-electron chi connectivity index (χ3n) is 8.31. The lowest BCUT2D eigenvalue weighted by molar-refractivity contribution is -0.147. The first-order chi connectivity index (χ1) is 19.0. The molecule has 2 aromatic rings. The molecule has 216 valence electrons. The van der Waals surface area contributed by atoms with Gasteiger partial charge in [0, 0.05) is 32.4 Å². The van der Waals surface area contributed by atoms with E-state index in [-0.39, 0.29) is 16.9 Å². The molecule has 3 aliphatic rings. The first-order valence-electron chi connectivity index (χ1n) is 14.2. The van der Waals surface area contributed by atoms with Gasteiger partial charge in [-0.3, -0.25) is 19.1 Å². The quantitative estimate of drug-likeness (QED) is 0.313. The molecule has 0 saturated carbocycles. The summed E-state index contributed by atoms with van der Waals surface area (Å²) in [5, 5.41) is 0.0394. The van der Waals surface area contributed by atoms with Gasteiger partial charge in [-0.25, -0.2) is 0 Å². The monoisotopic (exact) mass is 586 g/mol. The molecule has 0 bridgehead atoms. The molecule has 0 N–H and O–H groups in total. The maximum absolute atomic E-state index is 13.4. The highest BCUT2D eigenvalue weighted by atomic mass is 31.2. The lowest BCUT2D eigenvalue weighted by Gasteiger charge is -2.36. The van der Waals surface area contributed by atoms with Crippen LogP contribution in [0.4, 0.5) is 0 Å². The van der Waals surface area contributed by atoms with Crippen LogP contribution >= 0.6 is 8.60 Å². The zero-order valence-electron chi connectivity index (χ0n) is 24.1. The fourth-order valence-electron chi connectivity index (χ4n) is 4.92. The number of hydrogen-bond donors (Lipinski definition) is 0. The number of benzene rings is 1. The first kappa shape index (κ1) is 29.0. The van der Waals surface area contributed by atoms with Crippen molar-refractivity contribution in [3.8, 4) is 22.8 Å². The molecule has 9 nitrogen and oxygen atoms in total. The number of carbonyl (C=O) groups is 2. The molecule has 0 aliphatic carbocycles. The van der Waals surface area contributed by atoms with Gasteiger partial charge in [0.15, 0.2) is 5.75 Å². The Balaban J connectivity index is 1.41. The number of aromatic nitrogens is 1. The maximum Gasteiger partial charge on any atom is 0.446 e. The summed E-state index contributed by atoms with van der Waals surface area (Å²) in [5.74, 6) is 0.870. The Labute approximate surface area is 239 Å². The van der Waals surface area contributed by atoms with E-state index in [0.29, 0.717) is 37.6 Å². The second-order valence-electron chi connectivity index (χ2n) is 12.2. The molecule has 40 heavy (non-hydrogen) atoms. The summed E-state index contributed by atoms with van der Waals surface area (Å²) in [4.78, 5) is 34.9. The van der Waals surface area contributed by atoms with Gasteiger partial charge in [-0.2, -0.15) is 9.05 Å². The molecule has 1 aromatic carbocycles. The smallest absolute Gasteiger partial charge is 0.446 e. The Hall–Kier alpha value is -2.52. The minimum absolute atomic E-state index is 0.0394. The van der Waals surface area contributed by atoms with Crippen molar-refractivity contribution >= 4 is 28.7 Å². The number of amides is 2. The number of hydrogen-bond acceptors (Lipinski definition) is 7. The van der Waals surface area contributed by atoms with Crippen LogP contribution in [-0.4, -0.2) is 73.3 Å². The van der Waals surface area contributed by atoms with Gasteiger partial charge < -0.3 is 14.2 Å². The van der Waals surface area contributed by atoms with E-state index < -0.39 is 29.1 Å². The van der Waals surface area contributed by atoms with Crippen LogP contribution in [0.1, 0.15) is 46.5 Å². The summed E-state index contributed by atoms with van der Waals surface area (Å²) in [5.41, 5.74) is 1.45. The van der Waals surface area contributed by atoms with Crippen molar-refractivity contribution in [1.29, 1.82) is 0 Å². The topological polar surface area (TPSA) is 90.4 Å². The van der Waals surface area contributed by atoms with Gasteiger partial charge in [-0.15, -0.1) is 0 Å². The van der Waals surface area contributed by atoms with Gasteiger partial charge in [0.2, 0.25) is 20.5 Å². The molecule has 1 aromatic heterocycles. The number of likely N-dealkylation sites (tertiary alicyclic amines) is 2. The fourth-order valence-corrected chi connectivity index (χ4v) is 7.32. The second-order valence-corrected chi connectivity index (χ2v) is 18.1. The molecule has 3 fully saturated rings. The zero-order chi connectivity index (χ0) is 28.5. The van der Waals surface area contributed by atoms with Crippen molar-refractivity contribution in [1.82, 2.24) is 14.8 Å². The van der Waals surface area contributed by atoms with Crippen molar-refractivity contribution in [2.24, 2.45) is 0 Å². The van der Waals surface area contributed by atoms with E-state index in [1.54, 1.807) is 16.0 Å². The van der Waals surface area contributed by atoms with E-state index in [4.69, 9.17) is 18.0 Å². The molecule has 2 amide bonds. The molecule has 4 heterocycles. The van der Waals surface area contributed by atoms with Gasteiger partial charge >= 0.3 is 8.60 Å². The van der Waals surface area contributed by atoms with Crippen LogP contribution in [0, 0.1) is 0 Å². The number of nitrogens with zero attached hydrogens (tertiary/aromatic N) is 3. The summed E-state index contributed by atoms with van der Waals surface area (Å²) in [6.07, 6.45) is 3.54. The van der Waals surface area contributed by atoms with Gasteiger partial charge in [-0.1, -0.05) is 26.8 Å². The molecule has 2 atom stereocenters. The third kappa shape index (κ3) is 6.20. The first-order valence-corrected chi connectivity index (χ1v) is 18.4. The van der Waals surface area contributed by atoms with E-state index in [0.717, 1.165) is 37.0 Å². The molecule has 3 aliphatic heterocycles. The van der Waals surface area contributed by atoms with Crippen LogP contribution in [0.3, 0.4) is 0 Å². The molecule has 0 radical (unpaired) electrons. The van der Waals surface area contributed by atoms with Crippen LogP contribution in [0.2, 0.25) is 18.1 Å². The largest absolute Gasteiger partial charge is 0.543 e. The third-order valence-corrected chi connectivity index (χ3v) is 13.9. The predicted octanol–water partition coefficient (Wildman–Crippen LogP) is 5.50. The Morgan fingerprint density at radius 3 is 2.00 bits per heavy atom. The standard InChI is InChI=1S/C29H41N3O6PSi/c1-29(2,3)40(4,5)38-21-13-14-24(22(20-21)23-12-6-7-15-30-23)35-39-36-25(27(33)31-16-8-9-17-31)26(37-39)28(34)32-18-10-11-19-32/h6-7,12-15,20,25-26,39H,8-11,16-19H2,1-5H3/q+1/t25-,26-/m1/s1. The highest BCUT2D eigenvalue weighted by molar-refractivity contribution is 7.42. The number of rotatable bonds is 7. The van der Waals surface area contributed by atoms with E-state index >= 15 is 0 Å². The van der Waals surface area contributed by atoms with Crippen LogP contribution in [0.5, 0.6) is 11.5 Å². The highest BCUT2D eigenvalue weighted by Gasteiger charge is 2.56. The summed E-state index contributed by atoms with van der Waals surface area (Å²) in [6.45, 7) is 13.7. The normalized spacial score (nSPS) is 22.1. The molecule has 5 rings (SSSR count).